The third-order valence-corrected chi connectivity index (χ3v) is 7.51. The van der Waals surface area contributed by atoms with Gasteiger partial charge in [-0.05, 0) is 47.7 Å². The number of aliphatic imine (C=N–C) groups is 1. The zero-order chi connectivity index (χ0) is 28.8. The zero-order valence-electron chi connectivity index (χ0n) is 22.2. The van der Waals surface area contributed by atoms with E-state index in [1.807, 2.05) is 58.8 Å². The number of amides is 1. The first-order chi connectivity index (χ1) is 19.9. The maximum absolute atomic E-state index is 13.5. The SMILES string of the molecule is CC1=C(C(=O)OCc2ccccc2)C(c2ccc([N+](=O)[O-])cc2)N2C(CC(=O)NCCc3ccccn3)=CSC2=N1. The van der Waals surface area contributed by atoms with Crippen molar-refractivity contribution in [2.75, 3.05) is 6.54 Å². The number of aromatic nitrogens is 1. The lowest BCUT2D eigenvalue weighted by Gasteiger charge is -2.36. The van der Waals surface area contributed by atoms with Crippen molar-refractivity contribution in [3.05, 3.63) is 128 Å². The molecule has 1 amide bonds. The predicted molar refractivity (Wildman–Crippen MR) is 155 cm³/mol. The lowest BCUT2D eigenvalue weighted by atomic mass is 9.93. The second kappa shape index (κ2) is 12.6. The monoisotopic (exact) mass is 569 g/mol. The molecule has 3 aromatic rings. The molecule has 0 saturated heterocycles. The Morgan fingerprint density at radius 1 is 1.07 bits per heavy atom. The van der Waals surface area contributed by atoms with Crippen molar-refractivity contribution in [2.24, 2.45) is 4.99 Å². The van der Waals surface area contributed by atoms with E-state index < -0.39 is 16.9 Å². The summed E-state index contributed by atoms with van der Waals surface area (Å²) in [6.07, 6.45) is 2.37. The first-order valence-electron chi connectivity index (χ1n) is 13.0. The van der Waals surface area contributed by atoms with Crippen LogP contribution in [-0.2, 0) is 27.4 Å². The van der Waals surface area contributed by atoms with Gasteiger partial charge in [0, 0.05) is 42.7 Å². The van der Waals surface area contributed by atoms with Crippen molar-refractivity contribution in [3.63, 3.8) is 0 Å². The van der Waals surface area contributed by atoms with E-state index >= 15 is 0 Å². The lowest BCUT2D eigenvalue weighted by molar-refractivity contribution is -0.384. The molecule has 5 rings (SSSR count). The molecule has 10 nitrogen and oxygen atoms in total. The number of carbonyl (C=O) groups is 2. The van der Waals surface area contributed by atoms with Gasteiger partial charge in [0.05, 0.1) is 28.7 Å². The van der Waals surface area contributed by atoms with E-state index in [0.717, 1.165) is 11.3 Å². The number of allylic oxidation sites excluding steroid dienone is 1. The number of hydrogen-bond donors (Lipinski definition) is 1. The minimum absolute atomic E-state index is 0.0586. The normalized spacial score (nSPS) is 16.0. The number of non-ortho nitro benzene ring substituents is 1. The predicted octanol–water partition coefficient (Wildman–Crippen LogP) is 5.06. The Hall–Kier alpha value is -4.77. The maximum Gasteiger partial charge on any atom is 0.338 e. The number of ether oxygens (including phenoxy) is 1. The highest BCUT2D eigenvalue weighted by molar-refractivity contribution is 8.16. The average molecular weight is 570 g/mol. The Kier molecular flexibility index (Phi) is 8.54. The van der Waals surface area contributed by atoms with Crippen molar-refractivity contribution in [3.8, 4) is 0 Å². The van der Waals surface area contributed by atoms with Crippen LogP contribution < -0.4 is 5.32 Å². The van der Waals surface area contributed by atoms with Gasteiger partial charge >= 0.3 is 5.97 Å². The van der Waals surface area contributed by atoms with E-state index in [9.17, 15) is 19.7 Å². The number of pyridine rings is 1. The van der Waals surface area contributed by atoms with Crippen molar-refractivity contribution in [1.29, 1.82) is 0 Å². The van der Waals surface area contributed by atoms with E-state index in [-0.39, 0.29) is 24.6 Å². The molecule has 41 heavy (non-hydrogen) atoms. The van der Waals surface area contributed by atoms with Crippen LogP contribution in [-0.4, -0.2) is 38.4 Å². The maximum atomic E-state index is 13.5. The number of fused-ring (bicyclic) bond motifs is 1. The lowest BCUT2D eigenvalue weighted by Crippen LogP contribution is -2.38. The molecule has 2 aliphatic rings. The molecule has 2 aliphatic heterocycles. The first kappa shape index (κ1) is 27.8. The summed E-state index contributed by atoms with van der Waals surface area (Å²) in [7, 11) is 0. The number of hydrogen-bond acceptors (Lipinski definition) is 9. The van der Waals surface area contributed by atoms with Crippen LogP contribution in [0.5, 0.6) is 0 Å². The molecule has 1 unspecified atom stereocenters. The standard InChI is InChI=1S/C30H27N5O5S/c1-20-27(29(37)40-18-21-7-3-2-4-8-21)28(22-10-12-24(13-11-22)35(38)39)34-25(19-41-30(34)33-20)17-26(36)32-16-14-23-9-5-6-15-31-23/h2-13,15,19,28H,14,16-18H2,1H3,(H,32,36). The minimum Gasteiger partial charge on any atom is -0.457 e. The molecular weight excluding hydrogens is 542 g/mol. The fourth-order valence-corrected chi connectivity index (χ4v) is 5.59. The number of carbonyl (C=O) groups excluding carboxylic acids is 2. The van der Waals surface area contributed by atoms with Gasteiger partial charge in [-0.25, -0.2) is 9.79 Å². The van der Waals surface area contributed by atoms with Crippen LogP contribution >= 0.6 is 11.8 Å². The molecule has 1 atom stereocenters. The Balaban J connectivity index is 1.38. The largest absolute Gasteiger partial charge is 0.457 e. The average Bonchev–Trinajstić information content (AvgIpc) is 3.37. The number of esters is 1. The number of thioether (sulfide) groups is 1. The minimum atomic E-state index is -0.686. The molecule has 2 aromatic carbocycles. The molecule has 0 fully saturated rings. The number of nitrogens with one attached hydrogen (secondary N) is 1. The van der Waals surface area contributed by atoms with Gasteiger partial charge in [-0.2, -0.15) is 0 Å². The summed E-state index contributed by atoms with van der Waals surface area (Å²) in [6.45, 7) is 2.25. The second-order valence-corrected chi connectivity index (χ2v) is 10.2. The summed E-state index contributed by atoms with van der Waals surface area (Å²) in [5, 5.41) is 16.7. The summed E-state index contributed by atoms with van der Waals surface area (Å²) in [5.41, 5.74) is 3.75. The van der Waals surface area contributed by atoms with Gasteiger partial charge in [-0.1, -0.05) is 48.2 Å². The summed E-state index contributed by atoms with van der Waals surface area (Å²) in [5.74, 6) is -0.732. The summed E-state index contributed by atoms with van der Waals surface area (Å²) in [4.78, 5) is 48.1. The number of rotatable bonds is 10. The topological polar surface area (TPSA) is 127 Å². The fourth-order valence-electron chi connectivity index (χ4n) is 4.63. The molecule has 1 N–H and O–H groups in total. The van der Waals surface area contributed by atoms with E-state index in [2.05, 4.69) is 15.3 Å². The van der Waals surface area contributed by atoms with Crippen molar-refractivity contribution in [1.82, 2.24) is 15.2 Å². The molecule has 3 heterocycles. The van der Waals surface area contributed by atoms with Gasteiger partial charge in [-0.15, -0.1) is 0 Å². The fraction of sp³-hybridized carbons (Fsp3) is 0.200. The van der Waals surface area contributed by atoms with Gasteiger partial charge in [0.2, 0.25) is 5.91 Å². The van der Waals surface area contributed by atoms with Gasteiger partial charge in [0.25, 0.3) is 5.69 Å². The van der Waals surface area contributed by atoms with Crippen LogP contribution in [0.4, 0.5) is 5.69 Å². The van der Waals surface area contributed by atoms with E-state index in [0.29, 0.717) is 40.7 Å². The van der Waals surface area contributed by atoms with Crippen LogP contribution in [0.3, 0.4) is 0 Å². The van der Waals surface area contributed by atoms with Crippen LogP contribution in [0.25, 0.3) is 0 Å². The molecule has 1 aromatic heterocycles. The first-order valence-corrected chi connectivity index (χ1v) is 13.8. The molecule has 0 spiro atoms. The highest BCUT2D eigenvalue weighted by Crippen LogP contribution is 2.45. The highest BCUT2D eigenvalue weighted by Gasteiger charge is 2.41. The third-order valence-electron chi connectivity index (χ3n) is 6.62. The highest BCUT2D eigenvalue weighted by atomic mass is 32.2. The Morgan fingerprint density at radius 2 is 1.83 bits per heavy atom. The zero-order valence-corrected chi connectivity index (χ0v) is 23.0. The van der Waals surface area contributed by atoms with Gasteiger partial charge in [-0.3, -0.25) is 19.9 Å². The van der Waals surface area contributed by atoms with Crippen molar-refractivity contribution < 1.29 is 19.2 Å². The second-order valence-electron chi connectivity index (χ2n) is 9.40. The van der Waals surface area contributed by atoms with Gasteiger partial charge in [0.15, 0.2) is 5.17 Å². The molecule has 208 valence electrons. The quantitative estimate of drug-likeness (QED) is 0.204. The number of nitro benzene ring substituents is 1. The smallest absolute Gasteiger partial charge is 0.338 e. The third kappa shape index (κ3) is 6.52. The molecular formula is C30H27N5O5S. The van der Waals surface area contributed by atoms with E-state index in [1.165, 1.54) is 23.9 Å². The van der Waals surface area contributed by atoms with E-state index in [4.69, 9.17) is 4.74 Å². The molecule has 0 saturated carbocycles. The molecule has 0 radical (unpaired) electrons. The van der Waals surface area contributed by atoms with Crippen molar-refractivity contribution in [2.45, 2.75) is 32.4 Å². The summed E-state index contributed by atoms with van der Waals surface area (Å²) >= 11 is 1.36. The molecule has 11 heteroatoms. The number of nitrogens with zero attached hydrogens (tertiary/aromatic N) is 4. The molecule has 0 bridgehead atoms. The number of nitro groups is 1. The number of amidine groups is 1. The van der Waals surface area contributed by atoms with Crippen LogP contribution in [0, 0.1) is 10.1 Å². The summed E-state index contributed by atoms with van der Waals surface area (Å²) in [6, 6.07) is 20.4. The Bertz CT molecular complexity index is 1540. The number of benzene rings is 2. The van der Waals surface area contributed by atoms with Crippen LogP contribution in [0.2, 0.25) is 0 Å². The van der Waals surface area contributed by atoms with Crippen molar-refractivity contribution >= 4 is 34.5 Å². The summed E-state index contributed by atoms with van der Waals surface area (Å²) < 4.78 is 5.70. The van der Waals surface area contributed by atoms with E-state index in [1.54, 1.807) is 25.3 Å². The van der Waals surface area contributed by atoms with Crippen LogP contribution in [0.1, 0.15) is 36.2 Å². The van der Waals surface area contributed by atoms with Gasteiger partial charge in [0.1, 0.15) is 6.61 Å². The van der Waals surface area contributed by atoms with Crippen LogP contribution in [0.15, 0.2) is 106 Å². The Labute approximate surface area is 241 Å². The molecule has 0 aliphatic carbocycles. The van der Waals surface area contributed by atoms with Gasteiger partial charge < -0.3 is 15.0 Å². The Morgan fingerprint density at radius 3 is 2.54 bits per heavy atom.